The van der Waals surface area contributed by atoms with Crippen LogP contribution >= 0.6 is 0 Å². The molecule has 0 saturated heterocycles. The zero-order valence-electron chi connectivity index (χ0n) is 13.2. The lowest BCUT2D eigenvalue weighted by atomic mass is 10.3. The van der Waals surface area contributed by atoms with Crippen LogP contribution in [0.2, 0.25) is 0 Å². The van der Waals surface area contributed by atoms with Gasteiger partial charge in [0.1, 0.15) is 24.4 Å². The Kier molecular flexibility index (Phi) is 4.42. The molecule has 2 aromatic heterocycles. The third-order valence-corrected chi connectivity index (χ3v) is 4.17. The van der Waals surface area contributed by atoms with Gasteiger partial charge in [-0.25, -0.2) is 15.0 Å². The van der Waals surface area contributed by atoms with Gasteiger partial charge in [0.25, 0.3) is 5.16 Å². The number of fused-ring (bicyclic) bond motifs is 1. The summed E-state index contributed by atoms with van der Waals surface area (Å²) in [7, 11) is -3.00. The molecule has 10 nitrogen and oxygen atoms in total. The number of rotatable bonds is 6. The number of ether oxygens (including phenoxy) is 2. The van der Waals surface area contributed by atoms with Gasteiger partial charge in [-0.05, 0) is 24.3 Å². The Bertz CT molecular complexity index is 1000. The van der Waals surface area contributed by atoms with Gasteiger partial charge in [0.15, 0.2) is 17.0 Å². The van der Waals surface area contributed by atoms with Crippen LogP contribution in [0.4, 0.5) is 5.82 Å². The van der Waals surface area contributed by atoms with Crippen LogP contribution in [0, 0.1) is 0 Å². The Morgan fingerprint density at radius 1 is 1.20 bits per heavy atom. The second kappa shape index (κ2) is 6.53. The van der Waals surface area contributed by atoms with Crippen LogP contribution in [-0.4, -0.2) is 46.2 Å². The summed E-state index contributed by atoms with van der Waals surface area (Å²) >= 11 is 0. The second-order valence-electron chi connectivity index (χ2n) is 4.98. The molecule has 0 aliphatic heterocycles. The zero-order chi connectivity index (χ0) is 18.0. The topological polar surface area (TPSA) is 142 Å². The SMILES string of the molecule is COc1ccc(OCCn2c(S(=O)(=O)O)nc3c(N)ncnc32)cc1. The van der Waals surface area contributed by atoms with Crippen molar-refractivity contribution in [1.29, 1.82) is 0 Å². The van der Waals surface area contributed by atoms with Crippen LogP contribution < -0.4 is 15.2 Å². The minimum atomic E-state index is -4.56. The Hall–Kier alpha value is -2.92. The Balaban J connectivity index is 1.86. The molecule has 25 heavy (non-hydrogen) atoms. The number of benzene rings is 1. The number of nitrogen functional groups attached to an aromatic ring is 1. The zero-order valence-corrected chi connectivity index (χ0v) is 14.0. The predicted octanol–water partition coefficient (Wildman–Crippen LogP) is 0.743. The fourth-order valence-corrected chi connectivity index (χ4v) is 2.92. The molecule has 0 unspecified atom stereocenters. The minimum absolute atomic E-state index is 0.0183. The molecule has 0 radical (unpaired) electrons. The first kappa shape index (κ1) is 16.9. The Labute approximate surface area is 143 Å². The van der Waals surface area contributed by atoms with Gasteiger partial charge in [0, 0.05) is 0 Å². The highest BCUT2D eigenvalue weighted by molar-refractivity contribution is 7.85. The van der Waals surface area contributed by atoms with Crippen molar-refractivity contribution in [3.8, 4) is 11.5 Å². The Morgan fingerprint density at radius 2 is 1.88 bits per heavy atom. The number of methoxy groups -OCH3 is 1. The molecule has 0 atom stereocenters. The Morgan fingerprint density at radius 3 is 2.52 bits per heavy atom. The summed E-state index contributed by atoms with van der Waals surface area (Å²) in [6, 6.07) is 6.91. The molecular formula is C14H15N5O5S. The van der Waals surface area contributed by atoms with Gasteiger partial charge in [-0.3, -0.25) is 9.12 Å². The van der Waals surface area contributed by atoms with Crippen LogP contribution in [-0.2, 0) is 16.7 Å². The second-order valence-corrected chi connectivity index (χ2v) is 6.29. The number of hydrogen-bond donors (Lipinski definition) is 2. The lowest BCUT2D eigenvalue weighted by molar-refractivity contribution is 0.293. The predicted molar refractivity (Wildman–Crippen MR) is 88.0 cm³/mol. The van der Waals surface area contributed by atoms with Crippen molar-refractivity contribution in [3.63, 3.8) is 0 Å². The molecule has 3 rings (SSSR count). The first-order valence-electron chi connectivity index (χ1n) is 7.11. The van der Waals surface area contributed by atoms with Crippen molar-refractivity contribution >= 4 is 27.1 Å². The van der Waals surface area contributed by atoms with Crippen molar-refractivity contribution in [1.82, 2.24) is 19.5 Å². The van der Waals surface area contributed by atoms with E-state index in [0.717, 1.165) is 0 Å². The van der Waals surface area contributed by atoms with Crippen LogP contribution in [0.3, 0.4) is 0 Å². The van der Waals surface area contributed by atoms with Crippen molar-refractivity contribution in [2.45, 2.75) is 11.7 Å². The number of nitrogens with two attached hydrogens (primary N) is 1. The highest BCUT2D eigenvalue weighted by atomic mass is 32.2. The van der Waals surface area contributed by atoms with E-state index in [1.54, 1.807) is 31.4 Å². The first-order valence-corrected chi connectivity index (χ1v) is 8.55. The monoisotopic (exact) mass is 365 g/mol. The molecule has 2 heterocycles. The molecule has 0 saturated carbocycles. The van der Waals surface area contributed by atoms with Crippen LogP contribution in [0.5, 0.6) is 11.5 Å². The molecular weight excluding hydrogens is 350 g/mol. The average Bonchev–Trinajstić information content (AvgIpc) is 2.96. The molecule has 1 aromatic carbocycles. The normalized spacial score (nSPS) is 11.6. The lowest BCUT2D eigenvalue weighted by Crippen LogP contribution is -2.15. The van der Waals surface area contributed by atoms with Gasteiger partial charge < -0.3 is 15.2 Å². The van der Waals surface area contributed by atoms with E-state index in [2.05, 4.69) is 15.0 Å². The quantitative estimate of drug-likeness (QED) is 0.605. The summed E-state index contributed by atoms with van der Waals surface area (Å²) in [6.45, 7) is 0.193. The number of aromatic nitrogens is 4. The van der Waals surface area contributed by atoms with Crippen molar-refractivity contribution in [2.75, 3.05) is 19.5 Å². The largest absolute Gasteiger partial charge is 0.497 e. The first-order chi connectivity index (χ1) is 11.9. The van der Waals surface area contributed by atoms with Crippen molar-refractivity contribution < 1.29 is 22.4 Å². The van der Waals surface area contributed by atoms with Gasteiger partial charge in [-0.1, -0.05) is 0 Å². The maximum atomic E-state index is 11.6. The number of anilines is 1. The van der Waals surface area contributed by atoms with Gasteiger partial charge in [0.2, 0.25) is 0 Å². The fourth-order valence-electron chi connectivity index (χ4n) is 2.26. The molecule has 0 spiro atoms. The average molecular weight is 365 g/mol. The van der Waals surface area contributed by atoms with E-state index in [1.165, 1.54) is 10.9 Å². The molecule has 0 amide bonds. The van der Waals surface area contributed by atoms with E-state index < -0.39 is 15.3 Å². The van der Waals surface area contributed by atoms with E-state index in [1.807, 2.05) is 0 Å². The highest BCUT2D eigenvalue weighted by Crippen LogP contribution is 2.21. The fraction of sp³-hybridized carbons (Fsp3) is 0.214. The van der Waals surface area contributed by atoms with Crippen molar-refractivity contribution in [2.24, 2.45) is 0 Å². The van der Waals surface area contributed by atoms with Crippen LogP contribution in [0.1, 0.15) is 0 Å². The summed E-state index contributed by atoms with van der Waals surface area (Å²) < 4.78 is 44.4. The summed E-state index contributed by atoms with van der Waals surface area (Å²) in [5.74, 6) is 1.28. The highest BCUT2D eigenvalue weighted by Gasteiger charge is 2.23. The summed E-state index contributed by atoms with van der Waals surface area (Å²) in [5.41, 5.74) is 5.97. The van der Waals surface area contributed by atoms with Crippen LogP contribution in [0.25, 0.3) is 11.2 Å². The molecule has 0 aliphatic rings. The molecule has 0 fully saturated rings. The smallest absolute Gasteiger partial charge is 0.328 e. The molecule has 11 heteroatoms. The number of hydrogen-bond acceptors (Lipinski definition) is 8. The molecule has 0 bridgehead atoms. The van der Waals surface area contributed by atoms with Crippen molar-refractivity contribution in [3.05, 3.63) is 30.6 Å². The lowest BCUT2D eigenvalue weighted by Gasteiger charge is -2.09. The van der Waals surface area contributed by atoms with E-state index in [0.29, 0.717) is 11.5 Å². The molecule has 132 valence electrons. The molecule has 3 aromatic rings. The van der Waals surface area contributed by atoms with Gasteiger partial charge in [-0.15, -0.1) is 0 Å². The van der Waals surface area contributed by atoms with Gasteiger partial charge >= 0.3 is 10.1 Å². The third kappa shape index (κ3) is 3.46. The van der Waals surface area contributed by atoms with Gasteiger partial charge in [0.05, 0.1) is 13.7 Å². The van der Waals surface area contributed by atoms with Crippen LogP contribution in [0.15, 0.2) is 35.7 Å². The maximum absolute atomic E-state index is 11.6. The summed E-state index contributed by atoms with van der Waals surface area (Å²) in [6.07, 6.45) is 1.19. The summed E-state index contributed by atoms with van der Waals surface area (Å²) in [4.78, 5) is 11.6. The maximum Gasteiger partial charge on any atom is 0.328 e. The molecule has 3 N–H and O–H groups in total. The number of nitrogens with zero attached hydrogens (tertiary/aromatic N) is 4. The van der Waals surface area contributed by atoms with E-state index in [9.17, 15) is 13.0 Å². The van der Waals surface area contributed by atoms with E-state index >= 15 is 0 Å². The minimum Gasteiger partial charge on any atom is -0.497 e. The van der Waals surface area contributed by atoms with E-state index in [-0.39, 0.29) is 30.1 Å². The third-order valence-electron chi connectivity index (χ3n) is 3.40. The van der Waals surface area contributed by atoms with Gasteiger partial charge in [-0.2, -0.15) is 8.42 Å². The molecule has 0 aliphatic carbocycles. The summed E-state index contributed by atoms with van der Waals surface area (Å²) in [5, 5.41) is -0.562. The standard InChI is InChI=1S/C14H15N5O5S/c1-23-9-2-4-10(5-3-9)24-7-6-19-13-11(12(15)16-8-17-13)18-14(19)25(20,21)22/h2-5,8H,6-7H2,1H3,(H2,15,16,17)(H,20,21,22). The number of imidazole rings is 1. The van der Waals surface area contributed by atoms with E-state index in [4.69, 9.17) is 15.2 Å².